The molecule has 9 heteroatoms. The third-order valence-corrected chi connectivity index (χ3v) is 5.01. The van der Waals surface area contributed by atoms with E-state index in [2.05, 4.69) is 0 Å². The molecule has 0 aliphatic carbocycles. The van der Waals surface area contributed by atoms with Gasteiger partial charge in [-0.25, -0.2) is 4.79 Å². The second-order valence-electron chi connectivity index (χ2n) is 7.53. The molecule has 186 valence electrons. The molecule has 0 saturated heterocycles. The Morgan fingerprint density at radius 3 is 1.97 bits per heavy atom. The summed E-state index contributed by atoms with van der Waals surface area (Å²) in [5.41, 5.74) is -0.353. The lowest BCUT2D eigenvalue weighted by Gasteiger charge is -2.20. The van der Waals surface area contributed by atoms with Gasteiger partial charge in [-0.2, -0.15) is 13.2 Å². The molecule has 5 nitrogen and oxygen atoms in total. The fourth-order valence-electron chi connectivity index (χ4n) is 3.06. The SMILES string of the molecule is CCOC(=O)C(Oc1ccc(C(F)(F)F)cc1)c1ccc(OC(C)COc2ccc(Cl)cc2)cc1. The number of benzene rings is 3. The highest BCUT2D eigenvalue weighted by Crippen LogP contribution is 2.32. The minimum atomic E-state index is -4.47. The van der Waals surface area contributed by atoms with Crippen molar-refractivity contribution in [3.8, 4) is 17.2 Å². The standard InChI is InChI=1S/C26H24ClF3O5/c1-3-32-25(31)24(35-23-12-6-19(7-13-23)26(28,29)30)18-4-10-22(11-5-18)34-17(2)16-33-21-14-8-20(27)9-15-21/h4-15,17,24H,3,16H2,1-2H3. The van der Waals surface area contributed by atoms with Crippen molar-refractivity contribution in [2.24, 2.45) is 0 Å². The zero-order chi connectivity index (χ0) is 25.4. The van der Waals surface area contributed by atoms with Crippen molar-refractivity contribution in [3.05, 3.63) is 88.9 Å². The fourth-order valence-corrected chi connectivity index (χ4v) is 3.19. The van der Waals surface area contributed by atoms with Gasteiger partial charge in [-0.05, 0) is 74.5 Å². The third-order valence-electron chi connectivity index (χ3n) is 4.75. The predicted molar refractivity (Wildman–Crippen MR) is 125 cm³/mol. The van der Waals surface area contributed by atoms with Crippen LogP contribution in [0.5, 0.6) is 17.2 Å². The summed E-state index contributed by atoms with van der Waals surface area (Å²) >= 11 is 5.86. The van der Waals surface area contributed by atoms with Crippen LogP contribution in [0.3, 0.4) is 0 Å². The minimum absolute atomic E-state index is 0.101. The minimum Gasteiger partial charge on any atom is -0.490 e. The molecule has 0 spiro atoms. The Hall–Kier alpha value is -3.39. The molecule has 0 saturated carbocycles. The van der Waals surface area contributed by atoms with E-state index in [-0.39, 0.29) is 18.5 Å². The van der Waals surface area contributed by atoms with Crippen molar-refractivity contribution in [2.45, 2.75) is 32.2 Å². The number of carbonyl (C=O) groups is 1. The van der Waals surface area contributed by atoms with E-state index in [9.17, 15) is 18.0 Å². The molecular formula is C26H24ClF3O5. The van der Waals surface area contributed by atoms with Crippen LogP contribution >= 0.6 is 11.6 Å². The first kappa shape index (κ1) is 26.2. The average molecular weight is 509 g/mol. The maximum atomic E-state index is 12.8. The Labute approximate surface area is 206 Å². The maximum absolute atomic E-state index is 12.8. The first-order valence-corrected chi connectivity index (χ1v) is 11.2. The van der Waals surface area contributed by atoms with Crippen molar-refractivity contribution < 1.29 is 36.9 Å². The molecule has 0 radical (unpaired) electrons. The molecule has 2 unspecified atom stereocenters. The first-order valence-electron chi connectivity index (χ1n) is 10.8. The molecule has 0 aliphatic heterocycles. The summed E-state index contributed by atoms with van der Waals surface area (Å²) in [6.45, 7) is 3.92. The number of halogens is 4. The van der Waals surface area contributed by atoms with E-state index >= 15 is 0 Å². The summed E-state index contributed by atoms with van der Waals surface area (Å²) in [4.78, 5) is 12.5. The third kappa shape index (κ3) is 7.82. The molecule has 3 rings (SSSR count). The van der Waals surface area contributed by atoms with Crippen LogP contribution < -0.4 is 14.2 Å². The molecule has 0 N–H and O–H groups in total. The lowest BCUT2D eigenvalue weighted by atomic mass is 10.1. The molecule has 2 atom stereocenters. The van der Waals surface area contributed by atoms with Crippen molar-refractivity contribution in [2.75, 3.05) is 13.2 Å². The molecular weight excluding hydrogens is 485 g/mol. The number of esters is 1. The number of ether oxygens (including phenoxy) is 4. The van der Waals surface area contributed by atoms with Crippen LogP contribution in [-0.2, 0) is 15.7 Å². The van der Waals surface area contributed by atoms with Gasteiger partial charge in [0.05, 0.1) is 12.2 Å². The first-order chi connectivity index (χ1) is 16.7. The summed E-state index contributed by atoms with van der Waals surface area (Å²) in [6, 6.07) is 17.7. The molecule has 35 heavy (non-hydrogen) atoms. The molecule has 0 aromatic heterocycles. The Kier molecular flexibility index (Phi) is 8.87. The van der Waals surface area contributed by atoms with Gasteiger partial charge in [-0.15, -0.1) is 0 Å². The summed E-state index contributed by atoms with van der Waals surface area (Å²) in [5.74, 6) is 0.645. The van der Waals surface area contributed by atoms with Gasteiger partial charge in [-0.1, -0.05) is 23.7 Å². The Morgan fingerprint density at radius 1 is 0.857 bits per heavy atom. The molecule has 0 bridgehead atoms. The van der Waals surface area contributed by atoms with Crippen molar-refractivity contribution in [1.82, 2.24) is 0 Å². The monoisotopic (exact) mass is 508 g/mol. The Balaban J connectivity index is 1.65. The van der Waals surface area contributed by atoms with Crippen LogP contribution in [0.1, 0.15) is 31.1 Å². The van der Waals surface area contributed by atoms with E-state index in [4.69, 9.17) is 30.5 Å². The zero-order valence-corrected chi connectivity index (χ0v) is 19.8. The molecule has 0 aliphatic rings. The van der Waals surface area contributed by atoms with E-state index in [0.717, 1.165) is 24.3 Å². The van der Waals surface area contributed by atoms with E-state index in [1.54, 1.807) is 55.5 Å². The highest BCUT2D eigenvalue weighted by atomic mass is 35.5. The summed E-state index contributed by atoms with van der Waals surface area (Å²) in [6.07, 6.45) is -5.90. The summed E-state index contributed by atoms with van der Waals surface area (Å²) in [5, 5.41) is 0.616. The number of alkyl halides is 3. The molecule has 3 aromatic carbocycles. The van der Waals surface area contributed by atoms with E-state index in [1.165, 1.54) is 0 Å². The van der Waals surface area contributed by atoms with Crippen LogP contribution in [0.25, 0.3) is 0 Å². The number of hydrogen-bond acceptors (Lipinski definition) is 5. The fraction of sp³-hybridized carbons (Fsp3) is 0.269. The maximum Gasteiger partial charge on any atom is 0.416 e. The molecule has 3 aromatic rings. The second kappa shape index (κ2) is 11.8. The average Bonchev–Trinajstić information content (AvgIpc) is 2.83. The normalized spacial score (nSPS) is 13.0. The van der Waals surface area contributed by atoms with Gasteiger partial charge in [0.2, 0.25) is 6.10 Å². The lowest BCUT2D eigenvalue weighted by molar-refractivity contribution is -0.151. The predicted octanol–water partition coefficient (Wildman–Crippen LogP) is 6.89. The topological polar surface area (TPSA) is 54.0 Å². The Bertz CT molecular complexity index is 1080. The number of hydrogen-bond donors (Lipinski definition) is 0. The van der Waals surface area contributed by atoms with Gasteiger partial charge in [-0.3, -0.25) is 0 Å². The van der Waals surface area contributed by atoms with E-state index in [0.29, 0.717) is 28.7 Å². The molecule has 0 amide bonds. The lowest BCUT2D eigenvalue weighted by Crippen LogP contribution is -2.22. The smallest absolute Gasteiger partial charge is 0.416 e. The van der Waals surface area contributed by atoms with Crippen LogP contribution in [0.15, 0.2) is 72.8 Å². The Morgan fingerprint density at radius 2 is 1.40 bits per heavy atom. The number of rotatable bonds is 10. The van der Waals surface area contributed by atoms with Gasteiger partial charge in [0, 0.05) is 10.6 Å². The van der Waals surface area contributed by atoms with Crippen molar-refractivity contribution >= 4 is 17.6 Å². The van der Waals surface area contributed by atoms with Gasteiger partial charge < -0.3 is 18.9 Å². The van der Waals surface area contributed by atoms with Crippen LogP contribution in [0.4, 0.5) is 13.2 Å². The molecule has 0 heterocycles. The highest BCUT2D eigenvalue weighted by molar-refractivity contribution is 6.30. The van der Waals surface area contributed by atoms with E-state index in [1.807, 2.05) is 6.92 Å². The highest BCUT2D eigenvalue weighted by Gasteiger charge is 2.30. The van der Waals surface area contributed by atoms with Gasteiger partial charge in [0.1, 0.15) is 30.0 Å². The van der Waals surface area contributed by atoms with E-state index < -0.39 is 23.8 Å². The quantitative estimate of drug-likeness (QED) is 0.279. The zero-order valence-electron chi connectivity index (χ0n) is 19.1. The van der Waals surface area contributed by atoms with Gasteiger partial charge in [0.25, 0.3) is 0 Å². The van der Waals surface area contributed by atoms with Crippen molar-refractivity contribution in [3.63, 3.8) is 0 Å². The summed E-state index contributed by atoms with van der Waals surface area (Å²) in [7, 11) is 0. The number of carbonyl (C=O) groups excluding carboxylic acids is 1. The van der Waals surface area contributed by atoms with Gasteiger partial charge >= 0.3 is 12.1 Å². The van der Waals surface area contributed by atoms with Crippen LogP contribution in [-0.4, -0.2) is 25.3 Å². The van der Waals surface area contributed by atoms with Gasteiger partial charge in [0.15, 0.2) is 0 Å². The largest absolute Gasteiger partial charge is 0.490 e. The molecule has 0 fully saturated rings. The van der Waals surface area contributed by atoms with Crippen LogP contribution in [0, 0.1) is 0 Å². The van der Waals surface area contributed by atoms with Crippen LogP contribution in [0.2, 0.25) is 5.02 Å². The second-order valence-corrected chi connectivity index (χ2v) is 7.97. The summed E-state index contributed by atoms with van der Waals surface area (Å²) < 4.78 is 60.7. The van der Waals surface area contributed by atoms with Crippen molar-refractivity contribution in [1.29, 1.82) is 0 Å².